The maximum absolute atomic E-state index is 11.5. The van der Waals surface area contributed by atoms with E-state index >= 15 is 0 Å². The molecule has 2 rings (SSSR count). The largest absolute Gasteiger partial charge is 0.456 e. The Bertz CT molecular complexity index is 849. The van der Waals surface area contributed by atoms with E-state index in [1.165, 1.54) is 43.5 Å². The highest BCUT2D eigenvalue weighted by atomic mass is 35.5. The number of nitrogens with zero attached hydrogens (tertiary/aromatic N) is 2. The van der Waals surface area contributed by atoms with Crippen molar-refractivity contribution in [1.82, 2.24) is 5.32 Å². The van der Waals surface area contributed by atoms with Crippen LogP contribution >= 0.6 is 11.6 Å². The monoisotopic (exact) mass is 331 g/mol. The average molecular weight is 332 g/mol. The Labute approximate surface area is 135 Å². The number of nitriles is 1. The van der Waals surface area contributed by atoms with Gasteiger partial charge in [0.2, 0.25) is 0 Å². The van der Waals surface area contributed by atoms with Gasteiger partial charge in [-0.15, -0.1) is 0 Å². The normalized spacial score (nSPS) is 10.9. The second-order valence-corrected chi connectivity index (χ2v) is 4.81. The smallest absolute Gasteiger partial charge is 0.281 e. The third-order valence-corrected chi connectivity index (χ3v) is 3.16. The van der Waals surface area contributed by atoms with E-state index in [0.717, 1.165) is 0 Å². The first-order valence-electron chi connectivity index (χ1n) is 6.34. The quantitative estimate of drug-likeness (QED) is 0.400. The molecule has 1 heterocycles. The zero-order valence-electron chi connectivity index (χ0n) is 11.9. The maximum Gasteiger partial charge on any atom is 0.281 e. The molecule has 116 valence electrons. The molecule has 0 aliphatic heterocycles. The number of likely N-dealkylation sites (N-methyl/N-ethyl adjacent to an activating group) is 1. The molecule has 0 spiro atoms. The van der Waals surface area contributed by atoms with Gasteiger partial charge in [0, 0.05) is 24.2 Å². The van der Waals surface area contributed by atoms with E-state index in [2.05, 4.69) is 5.32 Å². The Balaban J connectivity index is 2.45. The summed E-state index contributed by atoms with van der Waals surface area (Å²) in [7, 11) is 1.40. The number of hydrogen-bond acceptors (Lipinski definition) is 5. The summed E-state index contributed by atoms with van der Waals surface area (Å²) in [5.74, 6) is -0.0962. The van der Waals surface area contributed by atoms with Crippen LogP contribution in [0.25, 0.3) is 17.4 Å². The van der Waals surface area contributed by atoms with Crippen molar-refractivity contribution in [2.75, 3.05) is 7.05 Å². The van der Waals surface area contributed by atoms with Gasteiger partial charge in [0.1, 0.15) is 23.2 Å². The molecule has 0 bridgehead atoms. The summed E-state index contributed by atoms with van der Waals surface area (Å²) >= 11 is 5.77. The molecule has 1 aromatic carbocycles. The van der Waals surface area contributed by atoms with E-state index < -0.39 is 10.8 Å². The maximum atomic E-state index is 11.5. The minimum absolute atomic E-state index is 0.140. The van der Waals surface area contributed by atoms with Gasteiger partial charge in [-0.25, -0.2) is 0 Å². The summed E-state index contributed by atoms with van der Waals surface area (Å²) < 4.78 is 5.47. The zero-order chi connectivity index (χ0) is 17.0. The van der Waals surface area contributed by atoms with Crippen molar-refractivity contribution in [1.29, 1.82) is 5.26 Å². The minimum atomic E-state index is -0.565. The van der Waals surface area contributed by atoms with Crippen LogP contribution in [-0.2, 0) is 4.79 Å². The number of hydrogen-bond donors (Lipinski definition) is 1. The number of nitro groups is 1. The molecular weight excluding hydrogens is 322 g/mol. The van der Waals surface area contributed by atoms with Crippen LogP contribution < -0.4 is 5.32 Å². The van der Waals surface area contributed by atoms with Crippen LogP contribution in [0.2, 0.25) is 5.02 Å². The average Bonchev–Trinajstić information content (AvgIpc) is 3.00. The highest BCUT2D eigenvalue weighted by molar-refractivity contribution is 6.30. The number of carbonyl (C=O) groups excluding carboxylic acids is 1. The topological polar surface area (TPSA) is 109 Å². The van der Waals surface area contributed by atoms with Gasteiger partial charge in [-0.1, -0.05) is 11.6 Å². The first kappa shape index (κ1) is 16.3. The number of halogens is 1. The molecule has 0 aliphatic carbocycles. The summed E-state index contributed by atoms with van der Waals surface area (Å²) in [5.41, 5.74) is -0.0919. The highest BCUT2D eigenvalue weighted by Gasteiger charge is 2.19. The van der Waals surface area contributed by atoms with Gasteiger partial charge < -0.3 is 9.73 Å². The van der Waals surface area contributed by atoms with Crippen LogP contribution in [0.3, 0.4) is 0 Å². The van der Waals surface area contributed by atoms with Crippen molar-refractivity contribution < 1.29 is 14.1 Å². The van der Waals surface area contributed by atoms with Crippen molar-refractivity contribution in [3.05, 3.63) is 56.8 Å². The van der Waals surface area contributed by atoms with Gasteiger partial charge in [-0.3, -0.25) is 14.9 Å². The number of carbonyl (C=O) groups is 1. The predicted molar refractivity (Wildman–Crippen MR) is 83.5 cm³/mol. The molecule has 0 unspecified atom stereocenters. The lowest BCUT2D eigenvalue weighted by Gasteiger charge is -2.00. The van der Waals surface area contributed by atoms with Crippen LogP contribution in [0.4, 0.5) is 5.69 Å². The minimum Gasteiger partial charge on any atom is -0.456 e. The van der Waals surface area contributed by atoms with Crippen LogP contribution in [0, 0.1) is 21.4 Å². The van der Waals surface area contributed by atoms with Crippen molar-refractivity contribution in [2.45, 2.75) is 0 Å². The van der Waals surface area contributed by atoms with Gasteiger partial charge in [0.15, 0.2) is 0 Å². The summed E-state index contributed by atoms with van der Waals surface area (Å²) in [6, 6.07) is 8.97. The molecule has 0 radical (unpaired) electrons. The Morgan fingerprint density at radius 2 is 2.17 bits per heavy atom. The number of rotatable bonds is 4. The molecule has 0 saturated heterocycles. The van der Waals surface area contributed by atoms with Gasteiger partial charge in [0.25, 0.3) is 11.6 Å². The fourth-order valence-electron chi connectivity index (χ4n) is 1.86. The van der Waals surface area contributed by atoms with Gasteiger partial charge in [0.05, 0.1) is 10.5 Å². The van der Waals surface area contributed by atoms with Crippen molar-refractivity contribution in [2.24, 2.45) is 0 Å². The molecule has 23 heavy (non-hydrogen) atoms. The predicted octanol–water partition coefficient (Wildman–Crippen LogP) is 3.16. The number of nitro benzene ring substituents is 1. The first-order chi connectivity index (χ1) is 11.0. The molecule has 1 aromatic heterocycles. The Morgan fingerprint density at radius 1 is 1.43 bits per heavy atom. The van der Waals surface area contributed by atoms with Gasteiger partial charge in [-0.2, -0.15) is 5.26 Å². The SMILES string of the molecule is CNC(=O)/C(C#N)=C/c1ccc(-c2ccc(Cl)cc2[N+](=O)[O-])o1. The summed E-state index contributed by atoms with van der Waals surface area (Å²) in [5, 5.41) is 22.6. The Hall–Kier alpha value is -3.11. The Kier molecular flexibility index (Phi) is 4.79. The van der Waals surface area contributed by atoms with E-state index in [1.807, 2.05) is 0 Å². The molecule has 0 fully saturated rings. The second-order valence-electron chi connectivity index (χ2n) is 4.37. The van der Waals surface area contributed by atoms with Crippen molar-refractivity contribution in [3.8, 4) is 17.4 Å². The second kappa shape index (κ2) is 6.77. The number of benzene rings is 1. The van der Waals surface area contributed by atoms with E-state index in [1.54, 1.807) is 6.07 Å². The fraction of sp³-hybridized carbons (Fsp3) is 0.0667. The van der Waals surface area contributed by atoms with Crippen molar-refractivity contribution in [3.63, 3.8) is 0 Å². The summed E-state index contributed by atoms with van der Waals surface area (Å²) in [6.07, 6.45) is 1.25. The molecule has 0 aliphatic rings. The van der Waals surface area contributed by atoms with Crippen molar-refractivity contribution >= 4 is 29.3 Å². The molecule has 0 atom stereocenters. The van der Waals surface area contributed by atoms with Crippen LogP contribution in [0.5, 0.6) is 0 Å². The van der Waals surface area contributed by atoms with E-state index in [4.69, 9.17) is 21.3 Å². The molecule has 7 nitrogen and oxygen atoms in total. The molecular formula is C15H10ClN3O4. The van der Waals surface area contributed by atoms with Gasteiger partial charge in [-0.05, 0) is 24.3 Å². The molecule has 0 saturated carbocycles. The number of amides is 1. The van der Waals surface area contributed by atoms with Crippen LogP contribution in [0.15, 0.2) is 40.3 Å². The van der Waals surface area contributed by atoms with Gasteiger partial charge >= 0.3 is 0 Å². The van der Waals surface area contributed by atoms with E-state index in [-0.39, 0.29) is 33.4 Å². The van der Waals surface area contributed by atoms with Crippen LogP contribution in [-0.4, -0.2) is 17.9 Å². The zero-order valence-corrected chi connectivity index (χ0v) is 12.6. The number of nitrogens with one attached hydrogen (secondary N) is 1. The summed E-state index contributed by atoms with van der Waals surface area (Å²) in [6.45, 7) is 0. The van der Waals surface area contributed by atoms with Crippen LogP contribution in [0.1, 0.15) is 5.76 Å². The fourth-order valence-corrected chi connectivity index (χ4v) is 2.03. The third kappa shape index (κ3) is 3.56. The molecule has 1 N–H and O–H groups in total. The Morgan fingerprint density at radius 3 is 2.78 bits per heavy atom. The lowest BCUT2D eigenvalue weighted by atomic mass is 10.1. The highest BCUT2D eigenvalue weighted by Crippen LogP contribution is 2.33. The van der Waals surface area contributed by atoms with E-state index in [0.29, 0.717) is 0 Å². The lowest BCUT2D eigenvalue weighted by molar-refractivity contribution is -0.384. The first-order valence-corrected chi connectivity index (χ1v) is 6.72. The lowest BCUT2D eigenvalue weighted by Crippen LogP contribution is -2.18. The third-order valence-electron chi connectivity index (χ3n) is 2.93. The standard InChI is InChI=1S/C15H10ClN3O4/c1-18-15(20)9(8-17)6-11-3-5-14(23-11)12-4-2-10(16)7-13(12)19(21)22/h2-7H,1H3,(H,18,20)/b9-6+. The molecule has 2 aromatic rings. The summed E-state index contributed by atoms with van der Waals surface area (Å²) in [4.78, 5) is 22.0. The number of furan rings is 1. The molecule has 1 amide bonds. The van der Waals surface area contributed by atoms with E-state index in [9.17, 15) is 14.9 Å². The molecule has 8 heteroatoms.